The fourth-order valence-electron chi connectivity index (χ4n) is 2.36. The van der Waals surface area contributed by atoms with E-state index in [1.54, 1.807) is 0 Å². The van der Waals surface area contributed by atoms with E-state index in [2.05, 4.69) is 14.3 Å². The zero-order valence-corrected chi connectivity index (χ0v) is 12.8. The highest BCUT2D eigenvalue weighted by Crippen LogP contribution is 2.40. The molecule has 2 aromatic rings. The second-order valence-corrected chi connectivity index (χ2v) is 6.46. The molecule has 1 aliphatic heterocycles. The largest absolute Gasteiger partial charge is 0.487 e. The van der Waals surface area contributed by atoms with Crippen molar-refractivity contribution in [2.45, 2.75) is 31.0 Å². The fraction of sp³-hybridized carbons (Fsp3) is 0.500. The summed E-state index contributed by atoms with van der Waals surface area (Å²) in [6.45, 7) is 1.20. The van der Waals surface area contributed by atoms with Gasteiger partial charge >= 0.3 is 6.18 Å². The number of pyridine rings is 1. The molecule has 0 aromatic carbocycles. The monoisotopic (exact) mass is 342 g/mol. The van der Waals surface area contributed by atoms with Crippen LogP contribution in [-0.4, -0.2) is 33.5 Å². The molecule has 1 saturated heterocycles. The van der Waals surface area contributed by atoms with Gasteiger partial charge in [-0.25, -0.2) is 4.98 Å². The molecular weight excluding hydrogens is 329 g/mol. The fourth-order valence-corrected chi connectivity index (χ4v) is 3.13. The van der Waals surface area contributed by atoms with Gasteiger partial charge in [0.25, 0.3) is 0 Å². The summed E-state index contributed by atoms with van der Waals surface area (Å²) in [4.78, 5) is 9.85. The van der Waals surface area contributed by atoms with Gasteiger partial charge in [-0.3, -0.25) is 4.98 Å². The summed E-state index contributed by atoms with van der Waals surface area (Å²) < 4.78 is 47.8. The van der Waals surface area contributed by atoms with Gasteiger partial charge in [0.15, 0.2) is 0 Å². The number of hydrogen-bond acceptors (Lipinski definition) is 6. The minimum atomic E-state index is -4.46. The maximum absolute atomic E-state index is 12.6. The second kappa shape index (κ2) is 5.33. The van der Waals surface area contributed by atoms with Gasteiger partial charge in [0.2, 0.25) is 5.13 Å². The third-order valence-corrected chi connectivity index (χ3v) is 4.61. The first-order valence-corrected chi connectivity index (χ1v) is 8.05. The van der Waals surface area contributed by atoms with Gasteiger partial charge in [0, 0.05) is 29.7 Å². The minimum absolute atomic E-state index is 0.147. The third-order valence-electron chi connectivity index (χ3n) is 3.82. The Bertz CT molecular complexity index is 710. The van der Waals surface area contributed by atoms with E-state index in [1.807, 2.05) is 4.90 Å². The molecule has 2 aliphatic rings. The van der Waals surface area contributed by atoms with E-state index in [9.17, 15) is 13.2 Å². The van der Waals surface area contributed by atoms with Crippen molar-refractivity contribution in [3.8, 4) is 5.75 Å². The molecular formula is C14H13F3N4OS. The van der Waals surface area contributed by atoms with Crippen LogP contribution in [0.2, 0.25) is 0 Å². The van der Waals surface area contributed by atoms with Crippen LogP contribution in [0.1, 0.15) is 30.3 Å². The SMILES string of the molecule is FC(F)(F)c1cc(OC2CN(c3nc(C4CC4)ns3)C2)ccn1. The summed E-state index contributed by atoms with van der Waals surface area (Å²) in [6.07, 6.45) is -1.18. The van der Waals surface area contributed by atoms with Crippen molar-refractivity contribution in [2.24, 2.45) is 0 Å². The molecule has 4 rings (SSSR count). The van der Waals surface area contributed by atoms with Gasteiger partial charge in [-0.15, -0.1) is 0 Å². The molecule has 3 heterocycles. The molecule has 1 saturated carbocycles. The van der Waals surface area contributed by atoms with Crippen molar-refractivity contribution in [1.29, 1.82) is 0 Å². The van der Waals surface area contributed by atoms with Gasteiger partial charge in [-0.05, 0) is 18.9 Å². The van der Waals surface area contributed by atoms with Crippen LogP contribution in [0.4, 0.5) is 18.3 Å². The molecule has 0 amide bonds. The first-order valence-electron chi connectivity index (χ1n) is 7.27. The molecule has 0 unspecified atom stereocenters. The first kappa shape index (κ1) is 14.7. The third kappa shape index (κ3) is 3.10. The van der Waals surface area contributed by atoms with E-state index in [4.69, 9.17) is 4.74 Å². The Labute approximate surface area is 134 Å². The molecule has 122 valence electrons. The molecule has 23 heavy (non-hydrogen) atoms. The summed E-state index contributed by atoms with van der Waals surface area (Å²) in [5.74, 6) is 1.62. The Morgan fingerprint density at radius 3 is 2.74 bits per heavy atom. The predicted molar refractivity (Wildman–Crippen MR) is 77.8 cm³/mol. The van der Waals surface area contributed by atoms with Gasteiger partial charge in [-0.1, -0.05) is 0 Å². The van der Waals surface area contributed by atoms with Crippen molar-refractivity contribution in [3.63, 3.8) is 0 Å². The van der Waals surface area contributed by atoms with Gasteiger partial charge in [0.05, 0.1) is 13.1 Å². The van der Waals surface area contributed by atoms with Gasteiger partial charge < -0.3 is 9.64 Å². The van der Waals surface area contributed by atoms with Crippen LogP contribution in [0.25, 0.3) is 0 Å². The lowest BCUT2D eigenvalue weighted by Gasteiger charge is -2.38. The zero-order chi connectivity index (χ0) is 16.0. The van der Waals surface area contributed by atoms with E-state index in [1.165, 1.54) is 17.6 Å². The first-order chi connectivity index (χ1) is 11.0. The molecule has 5 nitrogen and oxygen atoms in total. The summed E-state index contributed by atoms with van der Waals surface area (Å²) in [7, 11) is 0. The molecule has 0 atom stereocenters. The molecule has 0 radical (unpaired) electrons. The van der Waals surface area contributed by atoms with E-state index < -0.39 is 11.9 Å². The van der Waals surface area contributed by atoms with E-state index in [-0.39, 0.29) is 11.9 Å². The lowest BCUT2D eigenvalue weighted by molar-refractivity contribution is -0.141. The van der Waals surface area contributed by atoms with Crippen molar-refractivity contribution in [2.75, 3.05) is 18.0 Å². The molecule has 2 fully saturated rings. The zero-order valence-electron chi connectivity index (χ0n) is 12.0. The molecule has 9 heteroatoms. The highest BCUT2D eigenvalue weighted by Gasteiger charge is 2.35. The van der Waals surface area contributed by atoms with Crippen molar-refractivity contribution >= 4 is 16.7 Å². The Morgan fingerprint density at radius 2 is 2.04 bits per heavy atom. The summed E-state index contributed by atoms with van der Waals surface area (Å²) >= 11 is 1.37. The number of hydrogen-bond donors (Lipinski definition) is 0. The number of alkyl halides is 3. The molecule has 2 aromatic heterocycles. The summed E-state index contributed by atoms with van der Waals surface area (Å²) in [5, 5.41) is 0.859. The van der Waals surface area contributed by atoms with Crippen LogP contribution >= 0.6 is 11.5 Å². The summed E-state index contributed by atoms with van der Waals surface area (Å²) in [5.41, 5.74) is -0.940. The van der Waals surface area contributed by atoms with Crippen LogP contribution in [0.5, 0.6) is 5.75 Å². The highest BCUT2D eigenvalue weighted by molar-refractivity contribution is 7.09. The van der Waals surface area contributed by atoms with E-state index in [0.717, 1.165) is 36.1 Å². The van der Waals surface area contributed by atoms with Crippen molar-refractivity contribution < 1.29 is 17.9 Å². The molecule has 0 bridgehead atoms. The standard InChI is InChI=1S/C14H13F3N4OS/c15-14(16,17)11-5-9(3-4-18-11)22-10-6-21(7-10)13-19-12(20-23-13)8-1-2-8/h3-5,8,10H,1-2,6-7H2. The Balaban J connectivity index is 1.35. The average molecular weight is 342 g/mol. The smallest absolute Gasteiger partial charge is 0.433 e. The number of ether oxygens (including phenoxy) is 1. The van der Waals surface area contributed by atoms with Crippen LogP contribution in [0, 0.1) is 0 Å². The van der Waals surface area contributed by atoms with Crippen LogP contribution < -0.4 is 9.64 Å². The van der Waals surface area contributed by atoms with Gasteiger partial charge in [0.1, 0.15) is 23.4 Å². The number of aromatic nitrogens is 3. The van der Waals surface area contributed by atoms with E-state index in [0.29, 0.717) is 19.0 Å². The maximum Gasteiger partial charge on any atom is 0.433 e. The Kier molecular flexibility index (Phi) is 3.40. The van der Waals surface area contributed by atoms with Crippen LogP contribution in [0.15, 0.2) is 18.3 Å². The maximum atomic E-state index is 12.6. The van der Waals surface area contributed by atoms with Crippen molar-refractivity contribution in [3.05, 3.63) is 29.8 Å². The average Bonchev–Trinajstić information content (AvgIpc) is 3.21. The van der Waals surface area contributed by atoms with Gasteiger partial charge in [-0.2, -0.15) is 17.5 Å². The second-order valence-electron chi connectivity index (χ2n) is 5.73. The lowest BCUT2D eigenvalue weighted by atomic mass is 10.2. The van der Waals surface area contributed by atoms with Crippen molar-refractivity contribution in [1.82, 2.24) is 14.3 Å². The number of halogens is 3. The molecule has 0 spiro atoms. The Hall–Kier alpha value is -1.90. The number of rotatable bonds is 4. The van der Waals surface area contributed by atoms with Crippen LogP contribution in [-0.2, 0) is 6.18 Å². The quantitative estimate of drug-likeness (QED) is 0.855. The van der Waals surface area contributed by atoms with Crippen LogP contribution in [0.3, 0.4) is 0 Å². The Morgan fingerprint density at radius 1 is 1.26 bits per heavy atom. The molecule has 0 N–H and O–H groups in total. The number of nitrogens with zero attached hydrogens (tertiary/aromatic N) is 4. The van der Waals surface area contributed by atoms with E-state index >= 15 is 0 Å². The predicted octanol–water partition coefficient (Wildman–Crippen LogP) is 3.10. The lowest BCUT2D eigenvalue weighted by Crippen LogP contribution is -2.54. The number of anilines is 1. The molecule has 1 aliphatic carbocycles. The highest BCUT2D eigenvalue weighted by atomic mass is 32.1. The topological polar surface area (TPSA) is 51.1 Å². The minimum Gasteiger partial charge on any atom is -0.487 e. The summed E-state index contributed by atoms with van der Waals surface area (Å²) in [6, 6.07) is 2.37. The normalized spacial score (nSPS) is 18.8.